The van der Waals surface area contributed by atoms with E-state index in [0.29, 0.717) is 12.2 Å². The highest BCUT2D eigenvalue weighted by molar-refractivity contribution is 6.02. The predicted molar refractivity (Wildman–Crippen MR) is 100 cm³/mol. The first kappa shape index (κ1) is 18.7. The number of anilines is 1. The summed E-state index contributed by atoms with van der Waals surface area (Å²) in [7, 11) is 0. The topological polar surface area (TPSA) is 61.4 Å². The van der Waals surface area contributed by atoms with Crippen LogP contribution in [0.3, 0.4) is 0 Å². The highest BCUT2D eigenvalue weighted by atomic mass is 16.2. The van der Waals surface area contributed by atoms with Crippen molar-refractivity contribution in [2.75, 3.05) is 18.4 Å². The zero-order valence-electron chi connectivity index (χ0n) is 15.0. The molecule has 0 aromatic heterocycles. The number of imide groups is 1. The molecule has 0 spiro atoms. The summed E-state index contributed by atoms with van der Waals surface area (Å²) in [5, 5.41) is 5.11. The summed E-state index contributed by atoms with van der Waals surface area (Å²) in [6.07, 6.45) is 0. The number of carbonyl (C=O) groups excluding carboxylic acids is 2. The fourth-order valence-electron chi connectivity index (χ4n) is 2.60. The van der Waals surface area contributed by atoms with Gasteiger partial charge < -0.3 is 5.32 Å². The molecule has 0 atom stereocenters. The van der Waals surface area contributed by atoms with E-state index in [0.717, 1.165) is 23.2 Å². The maximum absolute atomic E-state index is 12.1. The van der Waals surface area contributed by atoms with Gasteiger partial charge in [-0.1, -0.05) is 55.0 Å². The van der Waals surface area contributed by atoms with Crippen LogP contribution >= 0.6 is 0 Å². The molecule has 0 saturated heterocycles. The normalized spacial score (nSPS) is 10.6. The van der Waals surface area contributed by atoms with Crippen molar-refractivity contribution in [1.82, 2.24) is 10.2 Å². The Hall–Kier alpha value is -2.66. The van der Waals surface area contributed by atoms with E-state index in [1.54, 1.807) is 0 Å². The lowest BCUT2D eigenvalue weighted by atomic mass is 10.1. The summed E-state index contributed by atoms with van der Waals surface area (Å²) in [5.41, 5.74) is 3.92. The molecule has 5 nitrogen and oxygen atoms in total. The van der Waals surface area contributed by atoms with Crippen LogP contribution in [0.15, 0.2) is 48.5 Å². The van der Waals surface area contributed by atoms with Crippen LogP contribution in [0.2, 0.25) is 0 Å². The Bertz CT molecular complexity index is 729. The number of hydrogen-bond donors (Lipinski definition) is 2. The van der Waals surface area contributed by atoms with E-state index >= 15 is 0 Å². The van der Waals surface area contributed by atoms with E-state index in [2.05, 4.69) is 10.6 Å². The zero-order valence-corrected chi connectivity index (χ0v) is 15.0. The van der Waals surface area contributed by atoms with Crippen LogP contribution in [0.25, 0.3) is 0 Å². The molecule has 2 rings (SSSR count). The van der Waals surface area contributed by atoms with E-state index < -0.39 is 6.03 Å². The van der Waals surface area contributed by atoms with Crippen LogP contribution < -0.4 is 10.6 Å². The number of carbonyl (C=O) groups is 2. The average Bonchev–Trinajstić information content (AvgIpc) is 2.57. The third-order valence-corrected chi connectivity index (χ3v) is 3.95. The number of hydrogen-bond acceptors (Lipinski definition) is 3. The minimum Gasteiger partial charge on any atom is -0.307 e. The Morgan fingerprint density at radius 1 is 1.04 bits per heavy atom. The second-order valence-corrected chi connectivity index (χ2v) is 6.11. The molecular weight excluding hydrogens is 314 g/mol. The van der Waals surface area contributed by atoms with Crippen molar-refractivity contribution in [2.24, 2.45) is 0 Å². The lowest BCUT2D eigenvalue weighted by Gasteiger charge is -2.19. The Kier molecular flexibility index (Phi) is 6.71. The van der Waals surface area contributed by atoms with Crippen molar-refractivity contribution in [1.29, 1.82) is 0 Å². The van der Waals surface area contributed by atoms with Crippen LogP contribution in [0.4, 0.5) is 10.5 Å². The van der Waals surface area contributed by atoms with E-state index in [9.17, 15) is 9.59 Å². The van der Waals surface area contributed by atoms with Gasteiger partial charge in [0.15, 0.2) is 0 Å². The molecule has 0 saturated carbocycles. The molecule has 0 aliphatic heterocycles. The second-order valence-electron chi connectivity index (χ2n) is 6.11. The van der Waals surface area contributed by atoms with Crippen molar-refractivity contribution in [3.05, 3.63) is 65.2 Å². The molecule has 2 aromatic carbocycles. The Labute approximate surface area is 149 Å². The zero-order chi connectivity index (χ0) is 18.2. The third kappa shape index (κ3) is 6.04. The Balaban J connectivity index is 1.86. The predicted octanol–water partition coefficient (Wildman–Crippen LogP) is 3.47. The first-order valence-electron chi connectivity index (χ1n) is 8.42. The van der Waals surface area contributed by atoms with Crippen molar-refractivity contribution in [3.8, 4) is 0 Å². The van der Waals surface area contributed by atoms with Crippen molar-refractivity contribution >= 4 is 17.6 Å². The molecule has 2 aromatic rings. The Morgan fingerprint density at radius 2 is 1.76 bits per heavy atom. The maximum atomic E-state index is 12.1. The maximum Gasteiger partial charge on any atom is 0.325 e. The van der Waals surface area contributed by atoms with Gasteiger partial charge in [0, 0.05) is 12.2 Å². The summed E-state index contributed by atoms with van der Waals surface area (Å²) in [6, 6.07) is 15.2. The van der Waals surface area contributed by atoms with E-state index in [1.807, 2.05) is 74.2 Å². The number of likely N-dealkylation sites (N-methyl/N-ethyl adjacent to an activating group) is 1. The van der Waals surface area contributed by atoms with E-state index in [4.69, 9.17) is 0 Å². The van der Waals surface area contributed by atoms with Gasteiger partial charge in [-0.15, -0.1) is 0 Å². The lowest BCUT2D eigenvalue weighted by molar-refractivity contribution is -0.121. The van der Waals surface area contributed by atoms with Crippen LogP contribution in [-0.4, -0.2) is 29.9 Å². The van der Waals surface area contributed by atoms with Gasteiger partial charge in [-0.2, -0.15) is 0 Å². The van der Waals surface area contributed by atoms with Gasteiger partial charge in [0.1, 0.15) is 0 Å². The van der Waals surface area contributed by atoms with E-state index in [1.165, 1.54) is 0 Å². The standard InChI is InChI=1S/C20H25N3O2/c1-4-23(13-17-8-6-5-7-9-17)14-19(24)22-20(25)21-18-11-10-15(2)12-16(18)3/h5-12H,4,13-14H2,1-3H3,(H2,21,22,24,25). The summed E-state index contributed by atoms with van der Waals surface area (Å²) >= 11 is 0. The number of urea groups is 1. The lowest BCUT2D eigenvalue weighted by Crippen LogP contribution is -2.41. The molecule has 0 aliphatic rings. The summed E-state index contributed by atoms with van der Waals surface area (Å²) in [6.45, 7) is 7.47. The number of nitrogens with one attached hydrogen (secondary N) is 2. The van der Waals surface area contributed by atoms with Crippen LogP contribution in [-0.2, 0) is 11.3 Å². The molecule has 0 aliphatic carbocycles. The van der Waals surface area contributed by atoms with Crippen molar-refractivity contribution < 1.29 is 9.59 Å². The van der Waals surface area contributed by atoms with Crippen LogP contribution in [0.1, 0.15) is 23.6 Å². The largest absolute Gasteiger partial charge is 0.325 e. The molecule has 0 unspecified atom stereocenters. The number of aryl methyl sites for hydroxylation is 2. The number of rotatable bonds is 6. The van der Waals surface area contributed by atoms with Gasteiger partial charge in [0.2, 0.25) is 5.91 Å². The van der Waals surface area contributed by atoms with Gasteiger partial charge in [0.05, 0.1) is 6.54 Å². The van der Waals surface area contributed by atoms with Gasteiger partial charge in [-0.05, 0) is 37.6 Å². The quantitative estimate of drug-likeness (QED) is 0.847. The molecule has 2 N–H and O–H groups in total. The monoisotopic (exact) mass is 339 g/mol. The van der Waals surface area contributed by atoms with Gasteiger partial charge in [-0.25, -0.2) is 4.79 Å². The first-order valence-corrected chi connectivity index (χ1v) is 8.42. The minimum absolute atomic E-state index is 0.172. The molecule has 0 heterocycles. The molecule has 132 valence electrons. The minimum atomic E-state index is -0.507. The van der Waals surface area contributed by atoms with Crippen molar-refractivity contribution in [3.63, 3.8) is 0 Å². The molecule has 0 fully saturated rings. The third-order valence-electron chi connectivity index (χ3n) is 3.95. The fraction of sp³-hybridized carbons (Fsp3) is 0.300. The molecule has 5 heteroatoms. The van der Waals surface area contributed by atoms with Crippen LogP contribution in [0, 0.1) is 13.8 Å². The first-order chi connectivity index (χ1) is 12.0. The summed E-state index contributed by atoms with van der Waals surface area (Å²) in [5.74, 6) is -0.319. The highest BCUT2D eigenvalue weighted by Crippen LogP contribution is 2.15. The highest BCUT2D eigenvalue weighted by Gasteiger charge is 2.13. The van der Waals surface area contributed by atoms with Crippen molar-refractivity contribution in [2.45, 2.75) is 27.3 Å². The number of benzene rings is 2. The van der Waals surface area contributed by atoms with Gasteiger partial charge >= 0.3 is 6.03 Å². The average molecular weight is 339 g/mol. The van der Waals surface area contributed by atoms with Gasteiger partial charge in [0.25, 0.3) is 0 Å². The fourth-order valence-corrected chi connectivity index (χ4v) is 2.60. The molecular formula is C20H25N3O2. The second kappa shape index (κ2) is 8.99. The molecule has 0 bridgehead atoms. The molecule has 0 radical (unpaired) electrons. The van der Waals surface area contributed by atoms with Crippen LogP contribution in [0.5, 0.6) is 0 Å². The smallest absolute Gasteiger partial charge is 0.307 e. The Morgan fingerprint density at radius 3 is 2.40 bits per heavy atom. The number of amides is 3. The van der Waals surface area contributed by atoms with Gasteiger partial charge in [-0.3, -0.25) is 15.0 Å². The number of nitrogens with zero attached hydrogens (tertiary/aromatic N) is 1. The SMILES string of the molecule is CCN(CC(=O)NC(=O)Nc1ccc(C)cc1C)Cc1ccccc1. The van der Waals surface area contributed by atoms with E-state index in [-0.39, 0.29) is 12.5 Å². The summed E-state index contributed by atoms with van der Waals surface area (Å²) in [4.78, 5) is 26.1. The molecule has 3 amide bonds. The molecule has 25 heavy (non-hydrogen) atoms. The summed E-state index contributed by atoms with van der Waals surface area (Å²) < 4.78 is 0.